The molecule has 0 aromatic heterocycles. The number of urea groups is 1. The summed E-state index contributed by atoms with van der Waals surface area (Å²) in [6.45, 7) is 8.71. The molecular formula is C11H24N2O2. The van der Waals surface area contributed by atoms with Crippen LogP contribution in [0.2, 0.25) is 0 Å². The lowest BCUT2D eigenvalue weighted by atomic mass is 10.1. The number of hydrogen-bond acceptors (Lipinski definition) is 2. The summed E-state index contributed by atoms with van der Waals surface area (Å²) < 4.78 is 0. The van der Waals surface area contributed by atoms with E-state index in [2.05, 4.69) is 10.6 Å². The van der Waals surface area contributed by atoms with E-state index in [-0.39, 0.29) is 18.2 Å². The number of aliphatic hydroxyl groups excluding tert-OH is 1. The number of carbonyl (C=O) groups excluding carboxylic acids is 1. The van der Waals surface area contributed by atoms with E-state index in [9.17, 15) is 4.79 Å². The lowest BCUT2D eigenvalue weighted by molar-refractivity contribution is 0.224. The minimum atomic E-state index is -0.192. The molecule has 0 heterocycles. The monoisotopic (exact) mass is 216 g/mol. The zero-order chi connectivity index (χ0) is 11.9. The van der Waals surface area contributed by atoms with Crippen molar-refractivity contribution < 1.29 is 9.90 Å². The zero-order valence-corrected chi connectivity index (χ0v) is 10.3. The number of aliphatic hydroxyl groups is 1. The van der Waals surface area contributed by atoms with Crippen molar-refractivity contribution in [2.45, 2.75) is 46.1 Å². The van der Waals surface area contributed by atoms with Gasteiger partial charge in [-0.05, 0) is 39.5 Å². The largest absolute Gasteiger partial charge is 0.396 e. The molecule has 0 aromatic rings. The third-order valence-corrected chi connectivity index (χ3v) is 1.96. The van der Waals surface area contributed by atoms with Crippen LogP contribution in [0.5, 0.6) is 0 Å². The van der Waals surface area contributed by atoms with Crippen LogP contribution < -0.4 is 10.6 Å². The van der Waals surface area contributed by atoms with Crippen molar-refractivity contribution in [3.05, 3.63) is 0 Å². The number of amides is 2. The first kappa shape index (κ1) is 14.2. The first-order valence-electron chi connectivity index (χ1n) is 5.52. The van der Waals surface area contributed by atoms with Crippen molar-refractivity contribution in [2.24, 2.45) is 5.92 Å². The van der Waals surface area contributed by atoms with E-state index in [1.165, 1.54) is 0 Å². The molecule has 0 spiro atoms. The number of carbonyl (C=O) groups is 1. The van der Waals surface area contributed by atoms with Gasteiger partial charge in [-0.2, -0.15) is 0 Å². The van der Waals surface area contributed by atoms with Crippen LogP contribution in [0.4, 0.5) is 4.79 Å². The van der Waals surface area contributed by atoms with Gasteiger partial charge in [-0.25, -0.2) is 4.79 Å². The van der Waals surface area contributed by atoms with Crippen LogP contribution in [0, 0.1) is 5.92 Å². The quantitative estimate of drug-likeness (QED) is 0.610. The van der Waals surface area contributed by atoms with Gasteiger partial charge in [-0.3, -0.25) is 0 Å². The maximum absolute atomic E-state index is 11.3. The molecule has 0 aliphatic carbocycles. The van der Waals surface area contributed by atoms with Gasteiger partial charge in [0, 0.05) is 18.7 Å². The van der Waals surface area contributed by atoms with E-state index in [0.717, 1.165) is 12.8 Å². The van der Waals surface area contributed by atoms with Crippen LogP contribution in [0.3, 0.4) is 0 Å². The van der Waals surface area contributed by atoms with Gasteiger partial charge < -0.3 is 15.7 Å². The molecule has 90 valence electrons. The second-order valence-electron chi connectivity index (χ2n) is 5.06. The fraction of sp³-hybridized carbons (Fsp3) is 0.909. The summed E-state index contributed by atoms with van der Waals surface area (Å²) in [6, 6.07) is -0.126. The fourth-order valence-corrected chi connectivity index (χ4v) is 1.13. The van der Waals surface area contributed by atoms with Crippen molar-refractivity contribution in [1.29, 1.82) is 0 Å². The second kappa shape index (κ2) is 6.67. The molecule has 3 N–H and O–H groups in total. The van der Waals surface area contributed by atoms with E-state index >= 15 is 0 Å². The number of hydrogen-bond donors (Lipinski definition) is 3. The predicted octanol–water partition coefficient (Wildman–Crippen LogP) is 1.49. The van der Waals surface area contributed by atoms with Crippen LogP contribution in [0.15, 0.2) is 0 Å². The Morgan fingerprint density at radius 2 is 2.00 bits per heavy atom. The number of nitrogens with one attached hydrogen (secondary N) is 2. The Labute approximate surface area is 92.4 Å². The van der Waals surface area contributed by atoms with E-state index in [4.69, 9.17) is 5.11 Å². The van der Waals surface area contributed by atoms with Crippen LogP contribution in [-0.4, -0.2) is 29.8 Å². The Bertz CT molecular complexity index is 188. The summed E-state index contributed by atoms with van der Waals surface area (Å²) in [6.07, 6.45) is 1.84. The topological polar surface area (TPSA) is 61.4 Å². The van der Waals surface area contributed by atoms with Gasteiger partial charge in [-0.1, -0.05) is 6.92 Å². The fourth-order valence-electron chi connectivity index (χ4n) is 1.13. The lowest BCUT2D eigenvalue weighted by Crippen LogP contribution is -2.46. The Morgan fingerprint density at radius 3 is 2.47 bits per heavy atom. The van der Waals surface area contributed by atoms with Gasteiger partial charge in [0.25, 0.3) is 0 Å². The molecule has 0 saturated heterocycles. The maximum Gasteiger partial charge on any atom is 0.315 e. The van der Waals surface area contributed by atoms with Crippen LogP contribution >= 0.6 is 0 Å². The molecule has 2 amide bonds. The Kier molecular flexibility index (Phi) is 6.32. The standard InChI is InChI=1S/C11H24N2O2/c1-9(8-14)6-5-7-12-10(15)13-11(2,3)4/h9,14H,5-8H2,1-4H3,(H2,12,13,15). The van der Waals surface area contributed by atoms with Gasteiger partial charge in [0.2, 0.25) is 0 Å². The third-order valence-electron chi connectivity index (χ3n) is 1.96. The summed E-state index contributed by atoms with van der Waals surface area (Å²) in [4.78, 5) is 11.3. The van der Waals surface area contributed by atoms with E-state index < -0.39 is 0 Å². The molecule has 4 nitrogen and oxygen atoms in total. The summed E-state index contributed by atoms with van der Waals surface area (Å²) in [5.74, 6) is 0.317. The highest BCUT2D eigenvalue weighted by atomic mass is 16.3. The van der Waals surface area contributed by atoms with E-state index in [1.807, 2.05) is 27.7 Å². The van der Waals surface area contributed by atoms with Crippen LogP contribution in [0.25, 0.3) is 0 Å². The predicted molar refractivity (Wildman–Crippen MR) is 61.8 cm³/mol. The molecule has 0 aliphatic heterocycles. The Morgan fingerprint density at radius 1 is 1.40 bits per heavy atom. The average molecular weight is 216 g/mol. The maximum atomic E-state index is 11.3. The normalized spacial score (nSPS) is 13.4. The molecule has 0 saturated carbocycles. The average Bonchev–Trinajstić information content (AvgIpc) is 2.09. The summed E-state index contributed by atoms with van der Waals surface area (Å²) in [5.41, 5.74) is -0.192. The van der Waals surface area contributed by atoms with Crippen molar-refractivity contribution in [3.63, 3.8) is 0 Å². The first-order chi connectivity index (χ1) is 6.85. The molecule has 15 heavy (non-hydrogen) atoms. The number of rotatable bonds is 5. The molecule has 0 bridgehead atoms. The molecule has 0 fully saturated rings. The second-order valence-corrected chi connectivity index (χ2v) is 5.06. The molecule has 4 heteroatoms. The summed E-state index contributed by atoms with van der Waals surface area (Å²) >= 11 is 0. The zero-order valence-electron chi connectivity index (χ0n) is 10.3. The minimum Gasteiger partial charge on any atom is -0.396 e. The van der Waals surface area contributed by atoms with Crippen LogP contribution in [0.1, 0.15) is 40.5 Å². The summed E-state index contributed by atoms with van der Waals surface area (Å²) in [5, 5.41) is 14.4. The third kappa shape index (κ3) is 9.53. The summed E-state index contributed by atoms with van der Waals surface area (Å²) in [7, 11) is 0. The van der Waals surface area contributed by atoms with Crippen molar-refractivity contribution in [2.75, 3.05) is 13.2 Å². The highest BCUT2D eigenvalue weighted by Crippen LogP contribution is 2.02. The van der Waals surface area contributed by atoms with Gasteiger partial charge in [0.1, 0.15) is 0 Å². The highest BCUT2D eigenvalue weighted by Gasteiger charge is 2.12. The smallest absolute Gasteiger partial charge is 0.315 e. The molecule has 0 rings (SSSR count). The lowest BCUT2D eigenvalue weighted by Gasteiger charge is -2.20. The molecule has 1 unspecified atom stereocenters. The van der Waals surface area contributed by atoms with Crippen molar-refractivity contribution >= 4 is 6.03 Å². The molecule has 0 aliphatic rings. The molecule has 1 atom stereocenters. The van der Waals surface area contributed by atoms with Gasteiger partial charge in [0.05, 0.1) is 0 Å². The Hall–Kier alpha value is -0.770. The van der Waals surface area contributed by atoms with Crippen molar-refractivity contribution in [1.82, 2.24) is 10.6 Å². The molecular weight excluding hydrogens is 192 g/mol. The van der Waals surface area contributed by atoms with Gasteiger partial charge in [-0.15, -0.1) is 0 Å². The Balaban J connectivity index is 3.48. The van der Waals surface area contributed by atoms with E-state index in [0.29, 0.717) is 12.5 Å². The molecule has 0 radical (unpaired) electrons. The minimum absolute atomic E-state index is 0.126. The van der Waals surface area contributed by atoms with E-state index in [1.54, 1.807) is 0 Å². The van der Waals surface area contributed by atoms with Crippen molar-refractivity contribution in [3.8, 4) is 0 Å². The van der Waals surface area contributed by atoms with Gasteiger partial charge in [0.15, 0.2) is 0 Å². The first-order valence-corrected chi connectivity index (χ1v) is 5.52. The SMILES string of the molecule is CC(CO)CCCNC(=O)NC(C)(C)C. The van der Waals surface area contributed by atoms with Gasteiger partial charge >= 0.3 is 6.03 Å². The molecule has 0 aromatic carbocycles. The highest BCUT2D eigenvalue weighted by molar-refractivity contribution is 5.74. The van der Waals surface area contributed by atoms with Crippen LogP contribution in [-0.2, 0) is 0 Å².